The van der Waals surface area contributed by atoms with E-state index in [-0.39, 0.29) is 35.8 Å². The van der Waals surface area contributed by atoms with E-state index in [0.29, 0.717) is 6.42 Å². The van der Waals surface area contributed by atoms with E-state index in [2.05, 4.69) is 10.1 Å². The van der Waals surface area contributed by atoms with Gasteiger partial charge in [-0.25, -0.2) is 4.39 Å². The second-order valence-corrected chi connectivity index (χ2v) is 6.12. The van der Waals surface area contributed by atoms with Gasteiger partial charge in [-0.05, 0) is 24.5 Å². The molecule has 2 N–H and O–H groups in total. The fraction of sp³-hybridized carbons (Fsp3) is 0.533. The number of rotatable bonds is 5. The molecule has 3 rings (SSSR count). The van der Waals surface area contributed by atoms with Crippen LogP contribution in [0.15, 0.2) is 18.2 Å². The Morgan fingerprint density at radius 2 is 2.13 bits per heavy atom. The molecule has 1 aliphatic heterocycles. The molecule has 0 bridgehead atoms. The third kappa shape index (κ3) is 3.18. The van der Waals surface area contributed by atoms with Crippen LogP contribution < -0.4 is 10.1 Å². The quantitative estimate of drug-likeness (QED) is 0.809. The molecule has 23 heavy (non-hydrogen) atoms. The fourth-order valence-corrected chi connectivity index (χ4v) is 3.17. The maximum Gasteiger partial charge on any atom is 0.573 e. The summed E-state index contributed by atoms with van der Waals surface area (Å²) >= 11 is 0. The van der Waals surface area contributed by atoms with Crippen molar-refractivity contribution in [1.29, 1.82) is 0 Å². The highest BCUT2D eigenvalue weighted by Crippen LogP contribution is 2.54. The minimum Gasteiger partial charge on any atom is -0.403 e. The van der Waals surface area contributed by atoms with E-state index in [1.807, 2.05) is 0 Å². The van der Waals surface area contributed by atoms with Gasteiger partial charge in [-0.1, -0.05) is 12.1 Å². The summed E-state index contributed by atoms with van der Waals surface area (Å²) in [5.74, 6) is -2.44. The minimum absolute atomic E-state index is 0.0162. The number of halogens is 4. The van der Waals surface area contributed by atoms with Crippen LogP contribution in [0.25, 0.3) is 0 Å². The first-order valence-corrected chi connectivity index (χ1v) is 7.17. The molecule has 1 heterocycles. The molecule has 1 saturated heterocycles. The molecule has 0 radical (unpaired) electrons. The second kappa shape index (κ2) is 5.45. The summed E-state index contributed by atoms with van der Waals surface area (Å²) in [6.07, 6.45) is -4.05. The Hall–Kier alpha value is -1.67. The lowest BCUT2D eigenvalue weighted by molar-refractivity contribution is -0.275. The van der Waals surface area contributed by atoms with Crippen molar-refractivity contribution in [2.24, 2.45) is 5.41 Å². The van der Waals surface area contributed by atoms with Crippen LogP contribution in [-0.2, 0) is 11.2 Å². The van der Waals surface area contributed by atoms with Crippen LogP contribution in [0.1, 0.15) is 18.4 Å². The molecule has 0 aromatic heterocycles. The Labute approximate surface area is 129 Å². The minimum atomic E-state index is -4.99. The van der Waals surface area contributed by atoms with Crippen molar-refractivity contribution in [3.05, 3.63) is 29.6 Å². The zero-order valence-electron chi connectivity index (χ0n) is 12.0. The molecule has 0 unspecified atom stereocenters. The van der Waals surface area contributed by atoms with Crippen molar-refractivity contribution in [3.8, 4) is 5.75 Å². The summed E-state index contributed by atoms with van der Waals surface area (Å²) in [4.78, 5) is 12.2. The summed E-state index contributed by atoms with van der Waals surface area (Å²) in [5, 5.41) is 12.4. The zero-order valence-corrected chi connectivity index (χ0v) is 12.0. The number of nitrogens with one attached hydrogen (secondary N) is 1. The van der Waals surface area contributed by atoms with E-state index in [9.17, 15) is 27.5 Å². The van der Waals surface area contributed by atoms with Crippen LogP contribution >= 0.6 is 0 Å². The first-order valence-electron chi connectivity index (χ1n) is 7.17. The lowest BCUT2D eigenvalue weighted by atomic mass is 9.95. The SMILES string of the molecule is O=C(Cc1cccc(OC(F)(F)F)c1F)[C@@H]1C[C@@]2(CO)C[C@H]2N1. The van der Waals surface area contributed by atoms with Crippen molar-refractivity contribution in [2.45, 2.75) is 37.7 Å². The van der Waals surface area contributed by atoms with Crippen molar-refractivity contribution >= 4 is 5.78 Å². The van der Waals surface area contributed by atoms with Crippen LogP contribution in [0.3, 0.4) is 0 Å². The number of benzene rings is 1. The standard InChI is InChI=1S/C15H15F4NO3/c16-13-8(2-1-3-11(13)23-15(17,18)19)4-10(22)9-5-14(7-21)6-12(14)20-9/h1-3,9,12,20-21H,4-7H2/t9-,12+,14-/m0/s1. The number of ketones is 1. The number of aliphatic hydroxyl groups is 1. The van der Waals surface area contributed by atoms with E-state index in [0.717, 1.165) is 12.5 Å². The monoisotopic (exact) mass is 333 g/mol. The predicted octanol–water partition coefficient (Wildman–Crippen LogP) is 1.95. The fourth-order valence-electron chi connectivity index (χ4n) is 3.17. The lowest BCUT2D eigenvalue weighted by Crippen LogP contribution is -2.35. The van der Waals surface area contributed by atoms with Gasteiger partial charge in [0.05, 0.1) is 12.6 Å². The van der Waals surface area contributed by atoms with Crippen LogP contribution in [0, 0.1) is 11.2 Å². The third-order valence-electron chi connectivity index (χ3n) is 4.54. The highest BCUT2D eigenvalue weighted by molar-refractivity contribution is 5.87. The molecule has 2 fully saturated rings. The van der Waals surface area contributed by atoms with E-state index >= 15 is 0 Å². The van der Waals surface area contributed by atoms with Crippen LogP contribution in [0.2, 0.25) is 0 Å². The Morgan fingerprint density at radius 1 is 1.39 bits per heavy atom. The Morgan fingerprint density at radius 3 is 2.74 bits per heavy atom. The summed E-state index contributed by atoms with van der Waals surface area (Å²) in [6.45, 7) is -0.0162. The first-order chi connectivity index (χ1) is 10.7. The molecule has 1 aliphatic carbocycles. The number of fused-ring (bicyclic) bond motifs is 1. The van der Waals surface area contributed by atoms with Gasteiger partial charge in [-0.15, -0.1) is 13.2 Å². The van der Waals surface area contributed by atoms with Gasteiger partial charge in [0.1, 0.15) is 0 Å². The zero-order chi connectivity index (χ0) is 16.8. The molecule has 4 nitrogen and oxygen atoms in total. The molecular weight excluding hydrogens is 318 g/mol. The maximum absolute atomic E-state index is 14.0. The molecule has 8 heteroatoms. The highest BCUT2D eigenvalue weighted by atomic mass is 19.4. The number of Topliss-reactive ketones (excluding diaryl/α,β-unsaturated/α-hetero) is 1. The normalized spacial score (nSPS) is 29.3. The van der Waals surface area contributed by atoms with E-state index in [1.165, 1.54) is 12.1 Å². The van der Waals surface area contributed by atoms with Crippen LogP contribution in [0.5, 0.6) is 5.75 Å². The molecule has 0 amide bonds. The third-order valence-corrected chi connectivity index (χ3v) is 4.54. The molecule has 0 spiro atoms. The van der Waals surface area contributed by atoms with Crippen molar-refractivity contribution < 1.29 is 32.2 Å². The van der Waals surface area contributed by atoms with Gasteiger partial charge >= 0.3 is 6.36 Å². The van der Waals surface area contributed by atoms with Crippen LogP contribution in [-0.4, -0.2) is 35.9 Å². The predicted molar refractivity (Wildman–Crippen MR) is 71.3 cm³/mol. The van der Waals surface area contributed by atoms with E-state index < -0.39 is 24.0 Å². The number of hydrogen-bond acceptors (Lipinski definition) is 4. The molecular formula is C15H15F4NO3. The average molecular weight is 333 g/mol. The number of carbonyl (C=O) groups excluding carboxylic acids is 1. The Bertz CT molecular complexity index is 630. The number of alkyl halides is 3. The largest absolute Gasteiger partial charge is 0.573 e. The summed E-state index contributed by atoms with van der Waals surface area (Å²) in [6, 6.07) is 2.91. The molecule has 1 aromatic rings. The number of hydrogen-bond donors (Lipinski definition) is 2. The number of aliphatic hydroxyl groups excluding tert-OH is 1. The van der Waals surface area contributed by atoms with Gasteiger partial charge in [0.25, 0.3) is 0 Å². The molecule has 3 atom stereocenters. The molecule has 126 valence electrons. The van der Waals surface area contributed by atoms with E-state index in [1.54, 1.807) is 0 Å². The molecule has 1 saturated carbocycles. The molecule has 2 aliphatic rings. The van der Waals surface area contributed by atoms with Crippen molar-refractivity contribution in [1.82, 2.24) is 5.32 Å². The topological polar surface area (TPSA) is 58.6 Å². The summed E-state index contributed by atoms with van der Waals surface area (Å²) in [5.41, 5.74) is -0.405. The Kier molecular flexibility index (Phi) is 3.84. The number of carbonyl (C=O) groups is 1. The van der Waals surface area contributed by atoms with Crippen LogP contribution in [0.4, 0.5) is 17.6 Å². The van der Waals surface area contributed by atoms with Crippen molar-refractivity contribution in [3.63, 3.8) is 0 Å². The summed E-state index contributed by atoms with van der Waals surface area (Å²) < 4.78 is 54.2. The number of piperidine rings is 1. The van der Waals surface area contributed by atoms with Gasteiger partial charge in [-0.3, -0.25) is 4.79 Å². The lowest BCUT2D eigenvalue weighted by Gasteiger charge is -2.15. The van der Waals surface area contributed by atoms with Gasteiger partial charge in [0, 0.05) is 17.9 Å². The maximum atomic E-state index is 14.0. The van der Waals surface area contributed by atoms with E-state index in [4.69, 9.17) is 0 Å². The van der Waals surface area contributed by atoms with Gasteiger partial charge in [0.15, 0.2) is 17.3 Å². The Balaban J connectivity index is 1.69. The van der Waals surface area contributed by atoms with Gasteiger partial charge < -0.3 is 15.2 Å². The smallest absolute Gasteiger partial charge is 0.403 e. The first kappa shape index (κ1) is 16.2. The highest BCUT2D eigenvalue weighted by Gasteiger charge is 2.60. The molecule has 1 aromatic carbocycles. The second-order valence-electron chi connectivity index (χ2n) is 6.12. The number of ether oxygens (including phenoxy) is 1. The van der Waals surface area contributed by atoms with Gasteiger partial charge in [-0.2, -0.15) is 0 Å². The summed E-state index contributed by atoms with van der Waals surface area (Å²) in [7, 11) is 0. The van der Waals surface area contributed by atoms with Crippen molar-refractivity contribution in [2.75, 3.05) is 6.61 Å². The van der Waals surface area contributed by atoms with Gasteiger partial charge in [0.2, 0.25) is 0 Å². The average Bonchev–Trinajstić information content (AvgIpc) is 3.03.